The molecule has 0 saturated carbocycles. The average Bonchev–Trinajstić information content (AvgIpc) is 3.64. The maximum Gasteiger partial charge on any atom is 0.777 e. The second-order valence-corrected chi connectivity index (χ2v) is 15.5. The number of hydrogen-bond acceptors (Lipinski definition) is 4. The van der Waals surface area contributed by atoms with Gasteiger partial charge < -0.3 is 18.6 Å². The maximum atomic E-state index is 6.34. The van der Waals surface area contributed by atoms with Crippen molar-refractivity contribution in [1.29, 1.82) is 0 Å². The Morgan fingerprint density at radius 2 is 0.667 bits per heavy atom. The highest BCUT2D eigenvalue weighted by Gasteiger charge is 2.51. The summed E-state index contributed by atoms with van der Waals surface area (Å²) in [5, 5.41) is 5.37. The first-order valence-corrected chi connectivity index (χ1v) is 18.2. The summed E-state index contributed by atoms with van der Waals surface area (Å²) in [5.74, 6) is 2.56. The minimum absolute atomic E-state index is 0.588. The number of benzene rings is 6. The van der Waals surface area contributed by atoms with Gasteiger partial charge in [-0.05, 0) is 72.5 Å². The topological polar surface area (TPSA) is 36.9 Å². The monoisotopic (exact) mass is 623 g/mol. The molecular weight excluding hydrogens is 593 g/mol. The zero-order chi connectivity index (χ0) is 30.1. The molecule has 0 amide bonds. The Labute approximate surface area is 266 Å². The number of rotatable bonds is 8. The van der Waals surface area contributed by atoms with E-state index in [9.17, 15) is 0 Å². The van der Waals surface area contributed by atoms with Crippen LogP contribution in [-0.2, 0) is 12.3 Å². The molecule has 2 heterocycles. The Kier molecular flexibility index (Phi) is 7.51. The normalized spacial score (nSPS) is 13.9. The second-order valence-electron chi connectivity index (χ2n) is 11.1. The van der Waals surface area contributed by atoms with Crippen LogP contribution in [-0.4, -0.2) is 6.96 Å². The lowest BCUT2D eigenvalue weighted by molar-refractivity contribution is 0.224. The molecule has 4 nitrogen and oxygen atoms in total. The maximum absolute atomic E-state index is 6.34. The lowest BCUT2D eigenvalue weighted by Gasteiger charge is -2.27. The first-order chi connectivity index (χ1) is 22.2. The SMILES string of the molecule is c1ccc(P(Cc2ccc3c(c2)O[B-]2(O3)Oc3ccc(CP(c4ccccc4)c4ccccc4)cc3O2)c2ccccc2)cc1. The molecule has 0 atom stereocenters. The minimum atomic E-state index is -2.46. The van der Waals surface area contributed by atoms with E-state index in [1.807, 2.05) is 12.1 Å². The molecule has 7 heteroatoms. The lowest BCUT2D eigenvalue weighted by Crippen LogP contribution is -2.54. The van der Waals surface area contributed by atoms with Gasteiger partial charge in [0.25, 0.3) is 0 Å². The molecule has 6 aromatic carbocycles. The molecule has 2 aliphatic rings. The van der Waals surface area contributed by atoms with Gasteiger partial charge in [-0.1, -0.05) is 133 Å². The molecule has 2 aliphatic heterocycles. The van der Waals surface area contributed by atoms with Gasteiger partial charge in [0.1, 0.15) is 23.0 Å². The van der Waals surface area contributed by atoms with Crippen LogP contribution in [0.3, 0.4) is 0 Å². The first-order valence-electron chi connectivity index (χ1n) is 15.1. The third-order valence-electron chi connectivity index (χ3n) is 8.05. The summed E-state index contributed by atoms with van der Waals surface area (Å²) in [5.41, 5.74) is 2.36. The third kappa shape index (κ3) is 5.82. The summed E-state index contributed by atoms with van der Waals surface area (Å²) in [4.78, 5) is 0. The molecular formula is C38H30BO4P2-. The Hall–Kier alpha value is -4.56. The van der Waals surface area contributed by atoms with Crippen molar-refractivity contribution in [1.82, 2.24) is 0 Å². The van der Waals surface area contributed by atoms with E-state index in [0.29, 0.717) is 23.0 Å². The van der Waals surface area contributed by atoms with Crippen LogP contribution >= 0.6 is 15.8 Å². The van der Waals surface area contributed by atoms with Crippen LogP contribution < -0.4 is 39.8 Å². The Bertz CT molecular complexity index is 1700. The van der Waals surface area contributed by atoms with Crippen molar-refractivity contribution in [3.8, 4) is 23.0 Å². The summed E-state index contributed by atoms with van der Waals surface area (Å²) < 4.78 is 25.1. The van der Waals surface area contributed by atoms with Crippen molar-refractivity contribution < 1.29 is 18.6 Å². The van der Waals surface area contributed by atoms with E-state index in [2.05, 4.69) is 146 Å². The van der Waals surface area contributed by atoms with Gasteiger partial charge >= 0.3 is 6.96 Å². The lowest BCUT2D eigenvalue weighted by atomic mass is 10.1. The van der Waals surface area contributed by atoms with Crippen LogP contribution in [0.25, 0.3) is 0 Å². The predicted octanol–water partition coefficient (Wildman–Crippen LogP) is 7.63. The minimum Gasteiger partial charge on any atom is -0.609 e. The van der Waals surface area contributed by atoms with E-state index in [4.69, 9.17) is 18.6 Å². The van der Waals surface area contributed by atoms with Gasteiger partial charge in [-0.25, -0.2) is 0 Å². The van der Waals surface area contributed by atoms with Crippen molar-refractivity contribution in [3.05, 3.63) is 169 Å². The van der Waals surface area contributed by atoms with Crippen molar-refractivity contribution in [3.63, 3.8) is 0 Å². The highest BCUT2D eigenvalue weighted by molar-refractivity contribution is 7.72. The van der Waals surface area contributed by atoms with Crippen LogP contribution in [0.4, 0.5) is 0 Å². The molecule has 0 aromatic heterocycles. The first kappa shape index (κ1) is 28.0. The molecule has 220 valence electrons. The largest absolute Gasteiger partial charge is 0.777 e. The molecule has 0 radical (unpaired) electrons. The summed E-state index contributed by atoms with van der Waals surface area (Å²) >= 11 is 0. The standard InChI is InChI=1S/C38H30BO4P2/c1-5-13-31(14-6-1)44(32-15-7-2-8-16-32)27-29-21-23-35-37(25-29)42-39(40-35)41-36-24-22-30(26-38(36)43-39)28-45(33-17-9-3-10-18-33)34-19-11-4-12-20-34/h1-26H,27-28H2/q-1. The molecule has 0 unspecified atom stereocenters. The summed E-state index contributed by atoms with van der Waals surface area (Å²) in [6, 6.07) is 55.3. The quantitative estimate of drug-likeness (QED) is 0.129. The molecule has 0 fully saturated rings. The van der Waals surface area contributed by atoms with Crippen molar-refractivity contribution in [2.24, 2.45) is 0 Å². The van der Waals surface area contributed by atoms with Gasteiger partial charge in [0, 0.05) is 12.3 Å². The molecule has 0 bridgehead atoms. The predicted molar refractivity (Wildman–Crippen MR) is 187 cm³/mol. The van der Waals surface area contributed by atoms with Gasteiger partial charge in [-0.3, -0.25) is 0 Å². The van der Waals surface area contributed by atoms with Crippen molar-refractivity contribution in [2.75, 3.05) is 0 Å². The molecule has 1 spiro atoms. The Morgan fingerprint density at radius 3 is 1.00 bits per heavy atom. The molecule has 0 aliphatic carbocycles. The molecule has 8 rings (SSSR count). The molecule has 0 N–H and O–H groups in total. The summed E-state index contributed by atoms with van der Waals surface area (Å²) in [7, 11) is -1.18. The van der Waals surface area contributed by atoms with E-state index >= 15 is 0 Å². The Balaban J connectivity index is 1.01. The van der Waals surface area contributed by atoms with Gasteiger partial charge in [-0.2, -0.15) is 0 Å². The van der Waals surface area contributed by atoms with E-state index in [1.54, 1.807) is 0 Å². The van der Waals surface area contributed by atoms with Gasteiger partial charge in [-0.15, -0.1) is 0 Å². The van der Waals surface area contributed by atoms with E-state index < -0.39 is 22.8 Å². The molecule has 45 heavy (non-hydrogen) atoms. The zero-order valence-electron chi connectivity index (χ0n) is 24.5. The Morgan fingerprint density at radius 1 is 0.356 bits per heavy atom. The fourth-order valence-corrected chi connectivity index (χ4v) is 10.5. The van der Waals surface area contributed by atoms with Crippen LogP contribution in [0.2, 0.25) is 0 Å². The smallest absolute Gasteiger partial charge is 0.609 e. The molecule has 6 aromatic rings. The van der Waals surface area contributed by atoms with Crippen molar-refractivity contribution >= 4 is 44.0 Å². The fourth-order valence-electron chi connectivity index (χ4n) is 5.91. The summed E-state index contributed by atoms with van der Waals surface area (Å²) in [6.07, 6.45) is 1.77. The van der Waals surface area contributed by atoms with Crippen LogP contribution in [0.15, 0.2) is 158 Å². The van der Waals surface area contributed by atoms with Gasteiger partial charge in [0.05, 0.1) is 0 Å². The van der Waals surface area contributed by atoms with E-state index in [0.717, 1.165) is 12.3 Å². The van der Waals surface area contributed by atoms with Gasteiger partial charge in [0.2, 0.25) is 0 Å². The highest BCUT2D eigenvalue weighted by Crippen LogP contribution is 2.48. The van der Waals surface area contributed by atoms with E-state index in [-0.39, 0.29) is 0 Å². The van der Waals surface area contributed by atoms with Crippen LogP contribution in [0, 0.1) is 0 Å². The van der Waals surface area contributed by atoms with Crippen molar-refractivity contribution in [2.45, 2.75) is 12.3 Å². The number of fused-ring (bicyclic) bond motifs is 2. The van der Waals surface area contributed by atoms with Crippen LogP contribution in [0.1, 0.15) is 11.1 Å². The zero-order valence-corrected chi connectivity index (χ0v) is 26.3. The third-order valence-corrected chi connectivity index (χ3v) is 13.1. The van der Waals surface area contributed by atoms with Crippen LogP contribution in [0.5, 0.6) is 23.0 Å². The average molecular weight is 623 g/mol. The second kappa shape index (κ2) is 12.1. The highest BCUT2D eigenvalue weighted by atomic mass is 31.1. The molecule has 0 saturated heterocycles. The fraction of sp³-hybridized carbons (Fsp3) is 0.0526. The van der Waals surface area contributed by atoms with Gasteiger partial charge in [0.15, 0.2) is 0 Å². The summed E-state index contributed by atoms with van der Waals surface area (Å²) in [6.45, 7) is -2.46. The van der Waals surface area contributed by atoms with E-state index in [1.165, 1.54) is 32.3 Å². The number of hydrogen-bond donors (Lipinski definition) is 0.